The monoisotopic (exact) mass is 525 g/mol. The largest absolute Gasteiger partial charge is 0.460 e. The molecule has 0 aromatic carbocycles. The quantitative estimate of drug-likeness (QED) is 0.534. The van der Waals surface area contributed by atoms with E-state index in [9.17, 15) is 19.5 Å². The summed E-state index contributed by atoms with van der Waals surface area (Å²) in [4.78, 5) is 44.5. The average Bonchev–Trinajstić information content (AvgIpc) is 3.52. The molecule has 9 nitrogen and oxygen atoms in total. The number of ketones is 1. The van der Waals surface area contributed by atoms with E-state index in [2.05, 4.69) is 16.9 Å². The fourth-order valence-corrected chi connectivity index (χ4v) is 4.72. The Balaban J connectivity index is 1.85. The number of fused-ring (bicyclic) bond motifs is 3. The zero-order valence-corrected chi connectivity index (χ0v) is 22.7. The molecule has 0 radical (unpaired) electrons. The number of esters is 1. The van der Waals surface area contributed by atoms with Gasteiger partial charge in [0.1, 0.15) is 24.2 Å². The molecule has 2 bridgehead atoms. The van der Waals surface area contributed by atoms with Crippen molar-refractivity contribution in [1.82, 2.24) is 15.2 Å². The van der Waals surface area contributed by atoms with Crippen molar-refractivity contribution in [3.05, 3.63) is 66.1 Å². The van der Waals surface area contributed by atoms with Gasteiger partial charge in [-0.1, -0.05) is 57.2 Å². The topological polar surface area (TPSA) is 122 Å². The molecule has 3 rings (SSSR count). The fraction of sp³-hybridized carbons (Fsp3) is 0.517. The first-order valence-corrected chi connectivity index (χ1v) is 13.2. The van der Waals surface area contributed by atoms with Gasteiger partial charge < -0.3 is 24.5 Å². The van der Waals surface area contributed by atoms with Crippen LogP contribution in [0.4, 0.5) is 0 Å². The normalized spacial score (nSPS) is 29.7. The molecule has 2 N–H and O–H groups in total. The first kappa shape index (κ1) is 29.1. The van der Waals surface area contributed by atoms with Crippen LogP contribution in [0.2, 0.25) is 0 Å². The van der Waals surface area contributed by atoms with Crippen molar-refractivity contribution in [3.63, 3.8) is 0 Å². The molecule has 1 fully saturated rings. The van der Waals surface area contributed by atoms with Crippen LogP contribution in [0.1, 0.15) is 63.3 Å². The van der Waals surface area contributed by atoms with Gasteiger partial charge in [-0.3, -0.25) is 9.59 Å². The van der Waals surface area contributed by atoms with E-state index < -0.39 is 24.0 Å². The van der Waals surface area contributed by atoms with Gasteiger partial charge in [0.15, 0.2) is 5.69 Å². The number of Topliss-reactive ketones (excluding diaryl/α,β-unsaturated/α-hetero) is 1. The predicted molar refractivity (Wildman–Crippen MR) is 143 cm³/mol. The Labute approximate surface area is 224 Å². The van der Waals surface area contributed by atoms with Gasteiger partial charge >= 0.3 is 5.97 Å². The third-order valence-corrected chi connectivity index (χ3v) is 6.65. The van der Waals surface area contributed by atoms with Gasteiger partial charge in [0.05, 0.1) is 12.5 Å². The summed E-state index contributed by atoms with van der Waals surface area (Å²) in [6.07, 6.45) is 9.97. The van der Waals surface area contributed by atoms with Crippen LogP contribution in [0.25, 0.3) is 0 Å². The van der Waals surface area contributed by atoms with Gasteiger partial charge in [-0.05, 0) is 31.8 Å². The van der Waals surface area contributed by atoms with Gasteiger partial charge in [0.25, 0.3) is 5.91 Å². The summed E-state index contributed by atoms with van der Waals surface area (Å²) in [5.74, 6) is -1.08. The fourth-order valence-electron chi connectivity index (χ4n) is 4.72. The second-order valence-corrected chi connectivity index (χ2v) is 10.4. The Morgan fingerprint density at radius 2 is 2.00 bits per heavy atom. The lowest BCUT2D eigenvalue weighted by Gasteiger charge is -2.29. The number of nitrogens with one attached hydrogen (secondary N) is 1. The minimum Gasteiger partial charge on any atom is -0.460 e. The maximum Gasteiger partial charge on any atom is 0.329 e. The summed E-state index contributed by atoms with van der Waals surface area (Å²) in [5, 5.41) is 13.5. The number of aliphatic hydroxyl groups excluding tert-OH is 1. The van der Waals surface area contributed by atoms with Gasteiger partial charge in [0, 0.05) is 31.1 Å². The number of hydrogen-bond acceptors (Lipinski definition) is 8. The number of carbonyl (C=O) groups excluding carboxylic acids is 3. The van der Waals surface area contributed by atoms with Crippen LogP contribution in [-0.2, 0) is 20.7 Å². The molecule has 9 heteroatoms. The molecule has 0 saturated carbocycles. The molecule has 2 aliphatic heterocycles. The molecule has 4 atom stereocenters. The number of aliphatic hydroxyl groups is 1. The van der Waals surface area contributed by atoms with E-state index in [4.69, 9.17) is 9.15 Å². The number of cyclic esters (lactones) is 1. The van der Waals surface area contributed by atoms with E-state index in [-0.39, 0.29) is 48.1 Å². The van der Waals surface area contributed by atoms with Gasteiger partial charge in [-0.2, -0.15) is 0 Å². The highest BCUT2D eigenvalue weighted by Crippen LogP contribution is 2.25. The number of rotatable bonds is 1. The number of nitrogens with zero attached hydrogens (tertiary/aromatic N) is 2. The second-order valence-electron chi connectivity index (χ2n) is 10.4. The van der Waals surface area contributed by atoms with E-state index in [0.29, 0.717) is 31.6 Å². The highest BCUT2D eigenvalue weighted by atomic mass is 16.5. The van der Waals surface area contributed by atoms with Crippen molar-refractivity contribution in [2.45, 2.75) is 71.6 Å². The molecule has 38 heavy (non-hydrogen) atoms. The predicted octanol–water partition coefficient (Wildman–Crippen LogP) is 3.52. The Morgan fingerprint density at radius 1 is 1.24 bits per heavy atom. The highest BCUT2D eigenvalue weighted by Gasteiger charge is 2.38. The highest BCUT2D eigenvalue weighted by molar-refractivity contribution is 5.95. The molecular weight excluding hydrogens is 486 g/mol. The summed E-state index contributed by atoms with van der Waals surface area (Å²) in [5.41, 5.74) is 1.56. The van der Waals surface area contributed by atoms with E-state index in [1.54, 1.807) is 6.08 Å². The standard InChI is InChI=1S/C29H39N3O6/c1-18(2)27-20(4)10-11-21(5)30-12-6-8-19(3)14-22(33)15-23(34)16-26-31-24(17-37-26)28(35)32-13-7-9-25(32)29(36)38-27/h6,8,10-11,14,17-18,20,22,25,27,30,33H,5,7,9,12-13,15-16H2,1-4H3/b8-6+,11-10+,19-14+/t20-,22-,25-,27-/m1/s1. The van der Waals surface area contributed by atoms with Crippen molar-refractivity contribution in [1.29, 1.82) is 0 Å². The molecule has 1 saturated heterocycles. The number of hydrogen-bond donors (Lipinski definition) is 2. The zero-order chi connectivity index (χ0) is 27.8. The lowest BCUT2D eigenvalue weighted by Crippen LogP contribution is -2.44. The zero-order valence-electron chi connectivity index (χ0n) is 22.7. The Morgan fingerprint density at radius 3 is 2.74 bits per heavy atom. The van der Waals surface area contributed by atoms with Crippen molar-refractivity contribution in [3.8, 4) is 0 Å². The van der Waals surface area contributed by atoms with Gasteiger partial charge in [-0.15, -0.1) is 0 Å². The van der Waals surface area contributed by atoms with Gasteiger partial charge in [0.2, 0.25) is 5.89 Å². The van der Waals surface area contributed by atoms with E-state index >= 15 is 0 Å². The summed E-state index contributed by atoms with van der Waals surface area (Å²) >= 11 is 0. The van der Waals surface area contributed by atoms with Crippen molar-refractivity contribution in [2.75, 3.05) is 13.1 Å². The van der Waals surface area contributed by atoms with Crippen LogP contribution in [0.15, 0.2) is 58.9 Å². The van der Waals surface area contributed by atoms with Crippen LogP contribution < -0.4 is 5.32 Å². The number of ether oxygens (including phenoxy) is 1. The summed E-state index contributed by atoms with van der Waals surface area (Å²) in [6, 6.07) is -0.711. The second kappa shape index (κ2) is 13.4. The number of oxazole rings is 1. The molecular formula is C29H39N3O6. The molecule has 0 spiro atoms. The number of carbonyl (C=O) groups is 3. The Bertz CT molecular complexity index is 1120. The number of aromatic nitrogens is 1. The van der Waals surface area contributed by atoms with Crippen LogP contribution in [0.3, 0.4) is 0 Å². The number of allylic oxidation sites excluding steroid dienone is 3. The summed E-state index contributed by atoms with van der Waals surface area (Å²) in [7, 11) is 0. The lowest BCUT2D eigenvalue weighted by atomic mass is 9.94. The van der Waals surface area contributed by atoms with Crippen molar-refractivity contribution < 1.29 is 28.6 Å². The summed E-state index contributed by atoms with van der Waals surface area (Å²) < 4.78 is 11.3. The first-order valence-electron chi connectivity index (χ1n) is 13.2. The lowest BCUT2D eigenvalue weighted by molar-refractivity contribution is -0.158. The van der Waals surface area contributed by atoms with Crippen LogP contribution in [-0.4, -0.2) is 64.0 Å². The van der Waals surface area contributed by atoms with Crippen molar-refractivity contribution in [2.24, 2.45) is 11.8 Å². The molecule has 3 heterocycles. The first-order chi connectivity index (χ1) is 18.0. The third-order valence-electron chi connectivity index (χ3n) is 6.65. The van der Waals surface area contributed by atoms with Crippen LogP contribution >= 0.6 is 0 Å². The molecule has 0 unspecified atom stereocenters. The smallest absolute Gasteiger partial charge is 0.329 e. The van der Waals surface area contributed by atoms with Crippen LogP contribution in [0.5, 0.6) is 0 Å². The Hall–Kier alpha value is -3.46. The van der Waals surface area contributed by atoms with E-state index in [0.717, 1.165) is 5.57 Å². The average molecular weight is 526 g/mol. The molecule has 1 aromatic heterocycles. The molecule has 1 aromatic rings. The minimum atomic E-state index is -0.956. The molecule has 206 valence electrons. The third kappa shape index (κ3) is 8.02. The van der Waals surface area contributed by atoms with Crippen molar-refractivity contribution >= 4 is 17.7 Å². The maximum absolute atomic E-state index is 13.2. The molecule has 2 aliphatic rings. The number of amides is 1. The summed E-state index contributed by atoms with van der Waals surface area (Å²) in [6.45, 7) is 12.8. The Kier molecular flexibility index (Phi) is 10.2. The van der Waals surface area contributed by atoms with Gasteiger partial charge in [-0.25, -0.2) is 9.78 Å². The maximum atomic E-state index is 13.2. The molecule has 0 aliphatic carbocycles. The van der Waals surface area contributed by atoms with E-state index in [1.165, 1.54) is 11.2 Å². The van der Waals surface area contributed by atoms with Crippen LogP contribution in [0, 0.1) is 11.8 Å². The molecule has 1 amide bonds. The van der Waals surface area contributed by atoms with E-state index in [1.807, 2.05) is 52.0 Å². The minimum absolute atomic E-state index is 0.0371. The SMILES string of the molecule is C=C1/C=C/[C@@H](C)[C@@H](C(C)C)OC(=O)[C@H]2CCCN2C(=O)c2coc(n2)CC(=O)C[C@H](O)/C=C(C)/C=C/CN1.